The summed E-state index contributed by atoms with van der Waals surface area (Å²) < 4.78 is 10.9. The number of phenols is 1. The predicted molar refractivity (Wildman–Crippen MR) is 181 cm³/mol. The number of allylic oxidation sites excluding steroid dienone is 1. The van der Waals surface area contributed by atoms with Crippen LogP contribution >= 0.6 is 24.8 Å². The fraction of sp³-hybridized carbons (Fsp3) is 0.548. The van der Waals surface area contributed by atoms with Crippen LogP contribution < -0.4 is 21.3 Å². The van der Waals surface area contributed by atoms with Crippen molar-refractivity contribution in [2.24, 2.45) is 17.6 Å². The zero-order valence-corrected chi connectivity index (χ0v) is 29.3. The van der Waals surface area contributed by atoms with Gasteiger partial charge in [-0.2, -0.15) is 0 Å². The SMILES string of the molecule is CCOC(CNCC(=O)Nc1cc(N(C)C)c2c(c1O)C(=O)C1=C(O)C3(O)C(=O)C(C(N)=O)=C(O)[C@@H](N(C)C)C3CC1C2)OCC.Cl.Cl. The molecule has 4 atom stereocenters. The maximum absolute atomic E-state index is 14.1. The molecule has 3 aliphatic carbocycles. The summed E-state index contributed by atoms with van der Waals surface area (Å²) in [6, 6.07) is 0.451. The summed E-state index contributed by atoms with van der Waals surface area (Å²) >= 11 is 0. The standard InChI is InChI=1S/C31H43N5O10.2ClH/c1-7-45-20(46-8-2)13-33-12-19(37)34-17-11-18(35(3)4)15-9-14-10-16-24(36(5)6)27(40)23(30(32)43)29(42)31(16,44)28(41)21(14)26(39)22(15)25(17)38;;/h11,14,16,20,24,33,38,40-41,44H,7-10,12-13H2,1-6H3,(H2,32,43)(H,34,37);2*1H/t14?,16?,24-,31?;;/m0../s1. The van der Waals surface area contributed by atoms with Crippen LogP contribution in [0.3, 0.4) is 0 Å². The van der Waals surface area contributed by atoms with Crippen molar-refractivity contribution in [1.82, 2.24) is 10.2 Å². The highest BCUT2D eigenvalue weighted by Crippen LogP contribution is 2.53. The van der Waals surface area contributed by atoms with Crippen molar-refractivity contribution < 1.29 is 49.1 Å². The van der Waals surface area contributed by atoms with E-state index in [-0.39, 0.29) is 67.6 Å². The monoisotopic (exact) mass is 717 g/mol. The number of carbonyl (C=O) groups is 4. The number of likely N-dealkylation sites (N-methyl/N-ethyl adjacent to an activating group) is 1. The maximum atomic E-state index is 14.1. The Morgan fingerprint density at radius 1 is 1.08 bits per heavy atom. The number of Topliss-reactive ketones (excluding diaryl/α,β-unsaturated/α-hetero) is 2. The summed E-state index contributed by atoms with van der Waals surface area (Å²) in [4.78, 5) is 55.9. The van der Waals surface area contributed by atoms with E-state index >= 15 is 0 Å². The first-order chi connectivity index (χ1) is 21.6. The van der Waals surface area contributed by atoms with E-state index < -0.39 is 76.0 Å². The Kier molecular flexibility index (Phi) is 13.4. The maximum Gasteiger partial charge on any atom is 0.255 e. The summed E-state index contributed by atoms with van der Waals surface area (Å²) in [6.07, 6.45) is -0.477. The second kappa shape index (κ2) is 15.8. The average molecular weight is 719 g/mol. The lowest BCUT2D eigenvalue weighted by Gasteiger charge is -2.50. The number of ketones is 2. The van der Waals surface area contributed by atoms with Crippen molar-refractivity contribution in [2.75, 3.05) is 64.7 Å². The molecule has 0 radical (unpaired) electrons. The Morgan fingerprint density at radius 2 is 1.69 bits per heavy atom. The molecule has 1 aromatic rings. The third-order valence-corrected chi connectivity index (χ3v) is 8.76. The van der Waals surface area contributed by atoms with Crippen LogP contribution in [0.5, 0.6) is 5.75 Å². The Morgan fingerprint density at radius 3 is 2.21 bits per heavy atom. The summed E-state index contributed by atoms with van der Waals surface area (Å²) in [7, 11) is 6.59. The number of fused-ring (bicyclic) bond motifs is 3. The summed E-state index contributed by atoms with van der Waals surface area (Å²) in [6.45, 7) is 4.53. The van der Waals surface area contributed by atoms with Gasteiger partial charge in [0, 0.05) is 51.0 Å². The number of phenolic OH excluding ortho intramolecular Hbond substituents is 1. The van der Waals surface area contributed by atoms with E-state index in [1.54, 1.807) is 33.1 Å². The van der Waals surface area contributed by atoms with Crippen LogP contribution in [0.25, 0.3) is 0 Å². The Bertz CT molecular complexity index is 1510. The van der Waals surface area contributed by atoms with Gasteiger partial charge < -0.3 is 51.2 Å². The van der Waals surface area contributed by atoms with Gasteiger partial charge in [-0.1, -0.05) is 0 Å². The first kappa shape index (κ1) is 40.7. The number of nitrogens with two attached hydrogens (primary N) is 1. The van der Waals surface area contributed by atoms with Crippen molar-refractivity contribution in [2.45, 2.75) is 44.6 Å². The van der Waals surface area contributed by atoms with E-state index in [2.05, 4.69) is 10.6 Å². The van der Waals surface area contributed by atoms with Crippen LogP contribution in [0.15, 0.2) is 28.7 Å². The number of hydrogen-bond acceptors (Lipinski definition) is 13. The molecule has 0 aromatic heterocycles. The number of benzene rings is 1. The van der Waals surface area contributed by atoms with Crippen molar-refractivity contribution >= 4 is 59.6 Å². The molecule has 0 heterocycles. The third kappa shape index (κ3) is 6.99. The number of nitrogens with zero attached hydrogens (tertiary/aromatic N) is 2. The average Bonchev–Trinajstić information content (AvgIpc) is 2.96. The predicted octanol–water partition coefficient (Wildman–Crippen LogP) is 0.957. The third-order valence-electron chi connectivity index (χ3n) is 8.76. The number of aliphatic hydroxyl groups excluding tert-OH is 2. The fourth-order valence-electron chi connectivity index (χ4n) is 6.83. The molecular weight excluding hydrogens is 673 g/mol. The molecule has 0 saturated heterocycles. The van der Waals surface area contributed by atoms with Gasteiger partial charge in [-0.3, -0.25) is 24.1 Å². The van der Waals surface area contributed by atoms with E-state index in [1.165, 1.54) is 11.0 Å². The van der Waals surface area contributed by atoms with Crippen LogP contribution in [0, 0.1) is 11.8 Å². The van der Waals surface area contributed by atoms with Gasteiger partial charge in [0.1, 0.15) is 17.1 Å². The van der Waals surface area contributed by atoms with Crippen LogP contribution in [0.1, 0.15) is 36.2 Å². The summed E-state index contributed by atoms with van der Waals surface area (Å²) in [5, 5.41) is 51.2. The zero-order chi connectivity index (χ0) is 34.2. The highest BCUT2D eigenvalue weighted by atomic mass is 35.5. The molecule has 15 nitrogen and oxygen atoms in total. The fourth-order valence-corrected chi connectivity index (χ4v) is 6.83. The van der Waals surface area contributed by atoms with Gasteiger partial charge in [0.05, 0.1) is 23.8 Å². The number of primary amides is 1. The highest BCUT2D eigenvalue weighted by molar-refractivity contribution is 6.25. The van der Waals surface area contributed by atoms with Crippen LogP contribution in [-0.2, 0) is 30.3 Å². The van der Waals surface area contributed by atoms with Gasteiger partial charge in [-0.25, -0.2) is 0 Å². The summed E-state index contributed by atoms with van der Waals surface area (Å²) in [5.41, 5.74) is 2.16. The Labute approximate surface area is 290 Å². The largest absolute Gasteiger partial charge is 0.510 e. The van der Waals surface area contributed by atoms with Crippen molar-refractivity contribution in [3.8, 4) is 5.75 Å². The molecular formula is C31H45Cl2N5O10. The number of nitrogens with one attached hydrogen (secondary N) is 2. The van der Waals surface area contributed by atoms with Gasteiger partial charge >= 0.3 is 0 Å². The normalized spacial score (nSPS) is 23.2. The molecule has 3 aliphatic rings. The smallest absolute Gasteiger partial charge is 0.255 e. The number of rotatable bonds is 12. The molecule has 0 bridgehead atoms. The molecule has 17 heteroatoms. The number of ether oxygens (including phenoxy) is 2. The second-order valence-corrected chi connectivity index (χ2v) is 12.0. The lowest BCUT2D eigenvalue weighted by atomic mass is 9.58. The molecule has 0 fully saturated rings. The minimum atomic E-state index is -2.75. The van der Waals surface area contributed by atoms with Gasteiger partial charge in [0.25, 0.3) is 5.91 Å². The van der Waals surface area contributed by atoms with E-state index in [9.17, 15) is 39.6 Å². The van der Waals surface area contributed by atoms with Gasteiger partial charge in [0.2, 0.25) is 11.7 Å². The number of hydrogen-bond donors (Lipinski definition) is 7. The van der Waals surface area contributed by atoms with E-state index in [0.29, 0.717) is 24.5 Å². The van der Waals surface area contributed by atoms with Crippen molar-refractivity contribution in [3.05, 3.63) is 39.9 Å². The molecule has 3 unspecified atom stereocenters. The molecule has 8 N–H and O–H groups in total. The first-order valence-corrected chi connectivity index (χ1v) is 15.1. The Balaban J connectivity index is 0.00000400. The number of aliphatic hydroxyl groups is 3. The van der Waals surface area contributed by atoms with Crippen LogP contribution in [0.4, 0.5) is 11.4 Å². The van der Waals surface area contributed by atoms with Gasteiger partial charge in [-0.15, -0.1) is 24.8 Å². The first-order valence-electron chi connectivity index (χ1n) is 15.1. The van der Waals surface area contributed by atoms with Crippen LogP contribution in [0.2, 0.25) is 0 Å². The lowest BCUT2D eigenvalue weighted by molar-refractivity contribution is -0.148. The number of amides is 2. The zero-order valence-electron chi connectivity index (χ0n) is 27.7. The molecule has 0 saturated carbocycles. The number of carbonyl (C=O) groups excluding carboxylic acids is 4. The molecule has 4 rings (SSSR count). The molecule has 48 heavy (non-hydrogen) atoms. The van der Waals surface area contributed by atoms with Gasteiger partial charge in [0.15, 0.2) is 23.4 Å². The summed E-state index contributed by atoms with van der Waals surface area (Å²) in [5.74, 6) is -8.00. The minimum absolute atomic E-state index is 0. The Hall–Kier alpha value is -3.44. The van der Waals surface area contributed by atoms with E-state index in [4.69, 9.17) is 15.2 Å². The van der Waals surface area contributed by atoms with Gasteiger partial charge in [-0.05, 0) is 58.3 Å². The number of anilines is 2. The molecule has 268 valence electrons. The van der Waals surface area contributed by atoms with E-state index in [1.807, 2.05) is 13.8 Å². The van der Waals surface area contributed by atoms with Crippen molar-refractivity contribution in [3.63, 3.8) is 0 Å². The molecule has 2 amide bonds. The van der Waals surface area contributed by atoms with E-state index in [0.717, 1.165) is 0 Å². The second-order valence-electron chi connectivity index (χ2n) is 12.0. The molecule has 1 aromatic carbocycles. The quantitative estimate of drug-likeness (QED) is 0.0910. The van der Waals surface area contributed by atoms with Crippen molar-refractivity contribution in [1.29, 1.82) is 0 Å². The highest BCUT2D eigenvalue weighted by Gasteiger charge is 2.63. The topological polar surface area (TPSA) is 224 Å². The number of aromatic hydroxyl groups is 1. The number of halogens is 2. The van der Waals surface area contributed by atoms with Crippen LogP contribution in [-0.4, -0.2) is 121 Å². The molecule has 0 spiro atoms. The molecule has 0 aliphatic heterocycles. The minimum Gasteiger partial charge on any atom is -0.510 e. The lowest BCUT2D eigenvalue weighted by Crippen LogP contribution is -2.63.